The highest BCUT2D eigenvalue weighted by molar-refractivity contribution is 7.98. The Bertz CT molecular complexity index is 318. The molecule has 12 heavy (non-hydrogen) atoms. The fourth-order valence-corrected chi connectivity index (χ4v) is 1.86. The van der Waals surface area contributed by atoms with Gasteiger partial charge in [-0.25, -0.2) is 0 Å². The predicted molar refractivity (Wildman–Crippen MR) is 54.4 cm³/mol. The molecule has 1 aromatic rings. The molecule has 0 amide bonds. The molecule has 2 rings (SSSR count). The second kappa shape index (κ2) is 3.31. The summed E-state index contributed by atoms with van der Waals surface area (Å²) in [5.74, 6) is 0. The molecule has 1 heterocycles. The lowest BCUT2D eigenvalue weighted by molar-refractivity contribution is 0.947. The smallest absolute Gasteiger partial charge is 0.0430 e. The first-order valence-corrected chi connectivity index (χ1v) is 5.29. The number of thioether (sulfide) groups is 1. The van der Waals surface area contributed by atoms with Crippen LogP contribution in [0.5, 0.6) is 0 Å². The molecule has 0 aliphatic carbocycles. The molecule has 0 N–H and O–H groups in total. The highest BCUT2D eigenvalue weighted by atomic mass is 32.2. The molecule has 0 spiro atoms. The zero-order chi connectivity index (χ0) is 8.39. The number of benzene rings is 1. The van der Waals surface area contributed by atoms with Gasteiger partial charge in [-0.15, -0.1) is 11.8 Å². The van der Waals surface area contributed by atoms with Crippen LogP contribution in [0.2, 0.25) is 0 Å². The van der Waals surface area contributed by atoms with Crippen molar-refractivity contribution in [2.75, 3.05) is 12.8 Å². The van der Waals surface area contributed by atoms with E-state index >= 15 is 0 Å². The Kier molecular flexibility index (Phi) is 2.17. The van der Waals surface area contributed by atoms with Crippen LogP contribution >= 0.6 is 11.8 Å². The minimum absolute atomic E-state index is 0.949. The number of aliphatic imine (C=N–C) groups is 1. The van der Waals surface area contributed by atoms with Gasteiger partial charge in [0.2, 0.25) is 0 Å². The highest BCUT2D eigenvalue weighted by Crippen LogP contribution is 2.20. The van der Waals surface area contributed by atoms with Crippen molar-refractivity contribution in [3.05, 3.63) is 29.3 Å². The van der Waals surface area contributed by atoms with Crippen molar-refractivity contribution in [1.82, 2.24) is 0 Å². The summed E-state index contributed by atoms with van der Waals surface area (Å²) >= 11 is 1.80. The molecule has 1 aromatic carbocycles. The molecule has 62 valence electrons. The largest absolute Gasteiger partial charge is 0.292 e. The van der Waals surface area contributed by atoms with Crippen molar-refractivity contribution in [3.63, 3.8) is 0 Å². The first kappa shape index (κ1) is 7.87. The lowest BCUT2D eigenvalue weighted by Gasteiger charge is -2.10. The number of hydrogen-bond donors (Lipinski definition) is 0. The van der Waals surface area contributed by atoms with Crippen LogP contribution in [0.1, 0.15) is 11.1 Å². The van der Waals surface area contributed by atoms with Gasteiger partial charge in [0.05, 0.1) is 0 Å². The monoisotopic (exact) mass is 177 g/mol. The van der Waals surface area contributed by atoms with Crippen LogP contribution in [0.15, 0.2) is 28.1 Å². The summed E-state index contributed by atoms with van der Waals surface area (Å²) in [6.45, 7) is 0.949. The van der Waals surface area contributed by atoms with E-state index in [1.807, 2.05) is 6.21 Å². The third kappa shape index (κ3) is 1.39. The van der Waals surface area contributed by atoms with E-state index in [1.165, 1.54) is 16.0 Å². The first-order valence-electron chi connectivity index (χ1n) is 4.07. The molecule has 0 saturated carbocycles. The molecule has 0 atom stereocenters. The maximum atomic E-state index is 4.24. The van der Waals surface area contributed by atoms with E-state index in [4.69, 9.17) is 0 Å². The number of nitrogens with zero attached hydrogens (tertiary/aromatic N) is 1. The summed E-state index contributed by atoms with van der Waals surface area (Å²) in [4.78, 5) is 5.59. The summed E-state index contributed by atoms with van der Waals surface area (Å²) in [5.41, 5.74) is 2.73. The van der Waals surface area contributed by atoms with Crippen LogP contribution in [-0.4, -0.2) is 19.0 Å². The van der Waals surface area contributed by atoms with Crippen LogP contribution in [-0.2, 0) is 6.42 Å². The maximum Gasteiger partial charge on any atom is 0.0430 e. The fourth-order valence-electron chi connectivity index (χ4n) is 1.40. The normalized spacial score (nSPS) is 14.4. The molecule has 0 saturated heterocycles. The van der Waals surface area contributed by atoms with Crippen LogP contribution in [0.25, 0.3) is 0 Å². The molecule has 0 unspecified atom stereocenters. The molecule has 0 fully saturated rings. The summed E-state index contributed by atoms with van der Waals surface area (Å²) in [5, 5.41) is 0. The average molecular weight is 177 g/mol. The van der Waals surface area contributed by atoms with Gasteiger partial charge in [-0.1, -0.05) is 6.07 Å². The first-order chi connectivity index (χ1) is 5.90. The molecule has 1 aliphatic rings. The Morgan fingerprint density at radius 2 is 2.33 bits per heavy atom. The van der Waals surface area contributed by atoms with Gasteiger partial charge in [-0.05, 0) is 35.9 Å². The SMILES string of the molecule is CSc1ccc2c(c1)CCN=C2. The minimum atomic E-state index is 0.949. The van der Waals surface area contributed by atoms with Crippen molar-refractivity contribution in [2.45, 2.75) is 11.3 Å². The Balaban J connectivity index is 2.44. The van der Waals surface area contributed by atoms with Gasteiger partial charge in [0.1, 0.15) is 0 Å². The van der Waals surface area contributed by atoms with Gasteiger partial charge in [-0.3, -0.25) is 4.99 Å². The quantitative estimate of drug-likeness (QED) is 0.600. The summed E-state index contributed by atoms with van der Waals surface area (Å²) in [6.07, 6.45) is 5.18. The van der Waals surface area contributed by atoms with E-state index < -0.39 is 0 Å². The van der Waals surface area contributed by atoms with E-state index in [0.29, 0.717) is 0 Å². The molecule has 2 heteroatoms. The Labute approximate surface area is 76.9 Å². The van der Waals surface area contributed by atoms with Gasteiger partial charge < -0.3 is 0 Å². The van der Waals surface area contributed by atoms with Gasteiger partial charge in [-0.2, -0.15) is 0 Å². The molecule has 0 aromatic heterocycles. The van der Waals surface area contributed by atoms with Crippen molar-refractivity contribution in [3.8, 4) is 0 Å². The third-order valence-electron chi connectivity index (χ3n) is 2.09. The lowest BCUT2D eigenvalue weighted by Crippen LogP contribution is -2.02. The van der Waals surface area contributed by atoms with Gasteiger partial charge in [0.25, 0.3) is 0 Å². The van der Waals surface area contributed by atoms with Crippen molar-refractivity contribution in [2.24, 2.45) is 4.99 Å². The van der Waals surface area contributed by atoms with Crippen molar-refractivity contribution >= 4 is 18.0 Å². The van der Waals surface area contributed by atoms with Gasteiger partial charge >= 0.3 is 0 Å². The molecule has 1 nitrogen and oxygen atoms in total. The van der Waals surface area contributed by atoms with Crippen molar-refractivity contribution < 1.29 is 0 Å². The topological polar surface area (TPSA) is 12.4 Å². The van der Waals surface area contributed by atoms with E-state index in [-0.39, 0.29) is 0 Å². The zero-order valence-corrected chi connectivity index (χ0v) is 7.90. The second-order valence-corrected chi connectivity index (χ2v) is 3.73. The Morgan fingerprint density at radius 3 is 3.17 bits per heavy atom. The molecular weight excluding hydrogens is 166 g/mol. The molecule has 1 aliphatic heterocycles. The number of hydrogen-bond acceptors (Lipinski definition) is 2. The molecule has 0 radical (unpaired) electrons. The fraction of sp³-hybridized carbons (Fsp3) is 0.300. The van der Waals surface area contributed by atoms with Crippen LogP contribution in [0.3, 0.4) is 0 Å². The predicted octanol–water partition coefficient (Wildman–Crippen LogP) is 2.38. The highest BCUT2D eigenvalue weighted by Gasteiger charge is 2.04. The Morgan fingerprint density at radius 1 is 1.42 bits per heavy atom. The summed E-state index contributed by atoms with van der Waals surface area (Å²) in [7, 11) is 0. The van der Waals surface area contributed by atoms with Crippen molar-refractivity contribution in [1.29, 1.82) is 0 Å². The Hall–Kier alpha value is -0.760. The zero-order valence-electron chi connectivity index (χ0n) is 7.08. The summed E-state index contributed by atoms with van der Waals surface area (Å²) < 4.78 is 0. The van der Waals surface area contributed by atoms with Crippen LogP contribution < -0.4 is 0 Å². The van der Waals surface area contributed by atoms with Gasteiger partial charge in [0, 0.05) is 17.7 Å². The van der Waals surface area contributed by atoms with E-state index in [2.05, 4.69) is 29.4 Å². The number of fused-ring (bicyclic) bond motifs is 1. The molecule has 0 bridgehead atoms. The van der Waals surface area contributed by atoms with E-state index in [0.717, 1.165) is 13.0 Å². The summed E-state index contributed by atoms with van der Waals surface area (Å²) in [6, 6.07) is 6.58. The average Bonchev–Trinajstić information content (AvgIpc) is 2.17. The van der Waals surface area contributed by atoms with Crippen LogP contribution in [0, 0.1) is 0 Å². The molecular formula is C10H11NS. The van der Waals surface area contributed by atoms with Crippen LogP contribution in [0.4, 0.5) is 0 Å². The van der Waals surface area contributed by atoms with E-state index in [1.54, 1.807) is 11.8 Å². The lowest BCUT2D eigenvalue weighted by atomic mass is 10.0. The standard InChI is InChI=1S/C10H11NS/c1-12-10-3-2-9-7-11-5-4-8(9)6-10/h2-3,6-7H,4-5H2,1H3. The minimum Gasteiger partial charge on any atom is -0.292 e. The second-order valence-electron chi connectivity index (χ2n) is 2.85. The van der Waals surface area contributed by atoms with Gasteiger partial charge in [0.15, 0.2) is 0 Å². The van der Waals surface area contributed by atoms with E-state index in [9.17, 15) is 0 Å². The maximum absolute atomic E-state index is 4.24. The third-order valence-corrected chi connectivity index (χ3v) is 2.82. The number of rotatable bonds is 1.